The Morgan fingerprint density at radius 1 is 1.60 bits per heavy atom. The first-order valence-electron chi connectivity index (χ1n) is 3.98. The third kappa shape index (κ3) is 4.37. The summed E-state index contributed by atoms with van der Waals surface area (Å²) in [6, 6.07) is 0. The number of rotatable bonds is 4. The molecule has 1 unspecified atom stereocenters. The van der Waals surface area contributed by atoms with E-state index in [9.17, 15) is 0 Å². The van der Waals surface area contributed by atoms with Crippen LogP contribution in [0.1, 0.15) is 33.6 Å². The average Bonchev–Trinajstić information content (AvgIpc) is 1.88. The summed E-state index contributed by atoms with van der Waals surface area (Å²) in [4.78, 5) is 0. The summed E-state index contributed by atoms with van der Waals surface area (Å²) in [6.07, 6.45) is 6.43. The molecule has 0 heterocycles. The predicted molar refractivity (Wildman–Crippen MR) is 48.0 cm³/mol. The molecular formula is C10H18. The van der Waals surface area contributed by atoms with E-state index in [1.165, 1.54) is 18.4 Å². The summed E-state index contributed by atoms with van der Waals surface area (Å²) in [5, 5.41) is 0. The molecule has 0 aliphatic heterocycles. The van der Waals surface area contributed by atoms with E-state index in [1.54, 1.807) is 0 Å². The zero-order chi connectivity index (χ0) is 7.98. The van der Waals surface area contributed by atoms with Crippen molar-refractivity contribution in [3.63, 3.8) is 0 Å². The fourth-order valence-electron chi connectivity index (χ4n) is 0.963. The summed E-state index contributed by atoms with van der Waals surface area (Å²) in [5.74, 6) is 0.816. The highest BCUT2D eigenvalue weighted by Crippen LogP contribution is 2.13. The first kappa shape index (κ1) is 9.48. The van der Waals surface area contributed by atoms with Crippen LogP contribution in [0, 0.1) is 5.92 Å². The highest BCUT2D eigenvalue weighted by molar-refractivity contribution is 5.07. The second kappa shape index (κ2) is 5.28. The first-order valence-corrected chi connectivity index (χ1v) is 3.98. The molecule has 0 aromatic rings. The standard InChI is InChI=1S/C10H18/c1-5-7-10(4)8-9(3)6-2/h5,7,9H,1,6,8H2,2-4H3/b10-7-. The third-order valence-electron chi connectivity index (χ3n) is 1.77. The first-order chi connectivity index (χ1) is 4.70. The Bertz CT molecular complexity index is 120. The van der Waals surface area contributed by atoms with Crippen molar-refractivity contribution in [1.82, 2.24) is 0 Å². The lowest BCUT2D eigenvalue weighted by Crippen LogP contribution is -1.91. The molecule has 0 bridgehead atoms. The van der Waals surface area contributed by atoms with Crippen LogP contribution >= 0.6 is 0 Å². The van der Waals surface area contributed by atoms with Gasteiger partial charge in [0, 0.05) is 0 Å². The van der Waals surface area contributed by atoms with Crippen molar-refractivity contribution in [3.05, 3.63) is 24.3 Å². The van der Waals surface area contributed by atoms with Gasteiger partial charge in [-0.25, -0.2) is 0 Å². The molecule has 0 heteroatoms. The van der Waals surface area contributed by atoms with E-state index in [1.807, 2.05) is 6.08 Å². The molecule has 0 N–H and O–H groups in total. The van der Waals surface area contributed by atoms with Crippen molar-refractivity contribution in [1.29, 1.82) is 0 Å². The molecule has 0 radical (unpaired) electrons. The molecule has 0 aromatic heterocycles. The second-order valence-electron chi connectivity index (χ2n) is 2.97. The van der Waals surface area contributed by atoms with Gasteiger partial charge in [0.15, 0.2) is 0 Å². The smallest absolute Gasteiger partial charge is 0.0294 e. The van der Waals surface area contributed by atoms with Crippen molar-refractivity contribution in [2.24, 2.45) is 5.92 Å². The van der Waals surface area contributed by atoms with Crippen LogP contribution in [0.3, 0.4) is 0 Å². The Morgan fingerprint density at radius 3 is 2.60 bits per heavy atom. The highest BCUT2D eigenvalue weighted by atomic mass is 14.0. The van der Waals surface area contributed by atoms with E-state index >= 15 is 0 Å². The van der Waals surface area contributed by atoms with E-state index in [0.717, 1.165) is 5.92 Å². The van der Waals surface area contributed by atoms with Crippen LogP contribution in [-0.2, 0) is 0 Å². The van der Waals surface area contributed by atoms with E-state index in [0.29, 0.717) is 0 Å². The summed E-state index contributed by atoms with van der Waals surface area (Å²) >= 11 is 0. The zero-order valence-corrected chi connectivity index (χ0v) is 7.35. The number of hydrogen-bond acceptors (Lipinski definition) is 0. The molecule has 0 spiro atoms. The van der Waals surface area contributed by atoms with Crippen LogP contribution in [-0.4, -0.2) is 0 Å². The normalized spacial score (nSPS) is 14.9. The van der Waals surface area contributed by atoms with Gasteiger partial charge < -0.3 is 0 Å². The summed E-state index contributed by atoms with van der Waals surface area (Å²) in [5.41, 5.74) is 1.43. The number of hydrogen-bond donors (Lipinski definition) is 0. The largest absolute Gasteiger partial charge is 0.0991 e. The Hall–Kier alpha value is -0.520. The average molecular weight is 138 g/mol. The van der Waals surface area contributed by atoms with Crippen LogP contribution < -0.4 is 0 Å². The van der Waals surface area contributed by atoms with Crippen molar-refractivity contribution in [2.75, 3.05) is 0 Å². The molecule has 0 aliphatic carbocycles. The van der Waals surface area contributed by atoms with E-state index in [2.05, 4.69) is 33.4 Å². The molecule has 1 atom stereocenters. The maximum Gasteiger partial charge on any atom is -0.0294 e. The van der Waals surface area contributed by atoms with Crippen LogP contribution in [0.25, 0.3) is 0 Å². The van der Waals surface area contributed by atoms with Gasteiger partial charge >= 0.3 is 0 Å². The summed E-state index contributed by atoms with van der Waals surface area (Å²) in [6.45, 7) is 10.3. The van der Waals surface area contributed by atoms with Gasteiger partial charge in [-0.05, 0) is 19.3 Å². The SMILES string of the molecule is C=C/C=C(/C)CC(C)CC. The van der Waals surface area contributed by atoms with Crippen molar-refractivity contribution < 1.29 is 0 Å². The van der Waals surface area contributed by atoms with Gasteiger partial charge in [-0.1, -0.05) is 44.6 Å². The Kier molecular flexibility index (Phi) is 5.00. The minimum Gasteiger partial charge on any atom is -0.0991 e. The van der Waals surface area contributed by atoms with Gasteiger partial charge in [0.1, 0.15) is 0 Å². The van der Waals surface area contributed by atoms with Gasteiger partial charge in [-0.3, -0.25) is 0 Å². The quantitative estimate of drug-likeness (QED) is 0.521. The van der Waals surface area contributed by atoms with Crippen LogP contribution in [0.2, 0.25) is 0 Å². The van der Waals surface area contributed by atoms with Crippen LogP contribution in [0.4, 0.5) is 0 Å². The molecule has 0 saturated carbocycles. The Labute approximate surface area is 64.6 Å². The zero-order valence-electron chi connectivity index (χ0n) is 7.35. The second-order valence-corrected chi connectivity index (χ2v) is 2.97. The van der Waals surface area contributed by atoms with Gasteiger partial charge in [0.2, 0.25) is 0 Å². The molecule has 10 heavy (non-hydrogen) atoms. The van der Waals surface area contributed by atoms with Crippen LogP contribution in [0.5, 0.6) is 0 Å². The fraction of sp³-hybridized carbons (Fsp3) is 0.600. The molecule has 0 saturated heterocycles. The van der Waals surface area contributed by atoms with E-state index in [-0.39, 0.29) is 0 Å². The van der Waals surface area contributed by atoms with Crippen LogP contribution in [0.15, 0.2) is 24.3 Å². The molecule has 0 aromatic carbocycles. The number of allylic oxidation sites excluding steroid dienone is 3. The van der Waals surface area contributed by atoms with Crippen molar-refractivity contribution in [3.8, 4) is 0 Å². The molecule has 0 amide bonds. The van der Waals surface area contributed by atoms with E-state index in [4.69, 9.17) is 0 Å². The lowest BCUT2D eigenvalue weighted by atomic mass is 10.00. The monoisotopic (exact) mass is 138 g/mol. The minimum atomic E-state index is 0.816. The van der Waals surface area contributed by atoms with E-state index < -0.39 is 0 Å². The topological polar surface area (TPSA) is 0 Å². The lowest BCUT2D eigenvalue weighted by molar-refractivity contribution is 0.557. The molecule has 58 valence electrons. The van der Waals surface area contributed by atoms with Crippen molar-refractivity contribution >= 4 is 0 Å². The molecule has 0 nitrogen and oxygen atoms in total. The Morgan fingerprint density at radius 2 is 2.20 bits per heavy atom. The van der Waals surface area contributed by atoms with Gasteiger partial charge in [0.05, 0.1) is 0 Å². The third-order valence-corrected chi connectivity index (χ3v) is 1.77. The minimum absolute atomic E-state index is 0.816. The summed E-state index contributed by atoms with van der Waals surface area (Å²) < 4.78 is 0. The Balaban J connectivity index is 3.66. The lowest BCUT2D eigenvalue weighted by Gasteiger charge is -2.06. The molecule has 0 fully saturated rings. The highest BCUT2D eigenvalue weighted by Gasteiger charge is 1.97. The fourth-order valence-corrected chi connectivity index (χ4v) is 0.963. The molecule has 0 aliphatic rings. The van der Waals surface area contributed by atoms with Gasteiger partial charge in [-0.2, -0.15) is 0 Å². The van der Waals surface area contributed by atoms with Gasteiger partial charge in [0.25, 0.3) is 0 Å². The maximum absolute atomic E-state index is 3.66. The summed E-state index contributed by atoms with van der Waals surface area (Å²) in [7, 11) is 0. The molecule has 0 rings (SSSR count). The predicted octanol–water partition coefficient (Wildman–Crippen LogP) is 3.55. The maximum atomic E-state index is 3.66. The van der Waals surface area contributed by atoms with Gasteiger partial charge in [-0.15, -0.1) is 0 Å². The molecular weight excluding hydrogens is 120 g/mol. The van der Waals surface area contributed by atoms with Crippen molar-refractivity contribution in [2.45, 2.75) is 33.6 Å².